The molecule has 1 aromatic carbocycles. The minimum Gasteiger partial charge on any atom is -0.488 e. The first-order valence-electron chi connectivity index (χ1n) is 5.52. The molecule has 0 amide bonds. The van der Waals surface area contributed by atoms with Crippen LogP contribution in [-0.4, -0.2) is 29.9 Å². The normalized spacial score (nSPS) is 23.0. The largest absolute Gasteiger partial charge is 0.488 e. The highest BCUT2D eigenvalue weighted by Gasteiger charge is 2.30. The molecule has 2 unspecified atom stereocenters. The van der Waals surface area contributed by atoms with Gasteiger partial charge in [0.1, 0.15) is 12.4 Å². The first-order valence-corrected chi connectivity index (χ1v) is 5.52. The van der Waals surface area contributed by atoms with E-state index in [1.54, 1.807) is 0 Å². The summed E-state index contributed by atoms with van der Waals surface area (Å²) in [6, 6.07) is 2.91. The summed E-state index contributed by atoms with van der Waals surface area (Å²) in [6.45, 7) is 0.00412. The highest BCUT2D eigenvalue weighted by molar-refractivity contribution is 5.72. The fourth-order valence-corrected chi connectivity index (χ4v) is 1.78. The maximum absolute atomic E-state index is 13.2. The molecule has 1 aliphatic heterocycles. The van der Waals surface area contributed by atoms with E-state index in [0.29, 0.717) is 12.8 Å². The van der Waals surface area contributed by atoms with Crippen LogP contribution in [-0.2, 0) is 9.53 Å². The Morgan fingerprint density at radius 1 is 1.44 bits per heavy atom. The summed E-state index contributed by atoms with van der Waals surface area (Å²) in [6.07, 6.45) is -0.326. The van der Waals surface area contributed by atoms with Gasteiger partial charge in [0.2, 0.25) is 0 Å². The third-order valence-corrected chi connectivity index (χ3v) is 2.70. The van der Waals surface area contributed by atoms with Gasteiger partial charge in [-0.05, 0) is 25.0 Å². The van der Waals surface area contributed by atoms with Crippen LogP contribution < -0.4 is 4.74 Å². The van der Waals surface area contributed by atoms with Crippen molar-refractivity contribution in [2.24, 2.45) is 0 Å². The summed E-state index contributed by atoms with van der Waals surface area (Å²) in [5, 5.41) is 8.72. The van der Waals surface area contributed by atoms with Gasteiger partial charge in [-0.25, -0.2) is 13.6 Å². The summed E-state index contributed by atoms with van der Waals surface area (Å²) >= 11 is 0. The Labute approximate surface area is 102 Å². The number of hydrogen-bond acceptors (Lipinski definition) is 3. The Morgan fingerprint density at radius 2 is 2.22 bits per heavy atom. The molecule has 0 aromatic heterocycles. The highest BCUT2D eigenvalue weighted by atomic mass is 19.1. The zero-order chi connectivity index (χ0) is 13.1. The Balaban J connectivity index is 1.89. The molecule has 1 aliphatic rings. The van der Waals surface area contributed by atoms with Gasteiger partial charge in [-0.1, -0.05) is 0 Å². The molecular weight excluding hydrogens is 246 g/mol. The molecule has 0 bridgehead atoms. The van der Waals surface area contributed by atoms with E-state index in [-0.39, 0.29) is 12.4 Å². The minimum atomic E-state index is -1.02. The van der Waals surface area contributed by atoms with Crippen LogP contribution in [0.25, 0.3) is 0 Å². The van der Waals surface area contributed by atoms with Crippen molar-refractivity contribution >= 4 is 5.97 Å². The molecule has 18 heavy (non-hydrogen) atoms. The second-order valence-corrected chi connectivity index (χ2v) is 4.05. The molecule has 1 heterocycles. The predicted octanol–water partition coefficient (Wildman–Crippen LogP) is 1.98. The first kappa shape index (κ1) is 12.8. The van der Waals surface area contributed by atoms with E-state index in [4.69, 9.17) is 14.6 Å². The number of carboxylic acid groups (broad SMARTS) is 1. The number of ether oxygens (including phenoxy) is 2. The quantitative estimate of drug-likeness (QED) is 0.897. The van der Waals surface area contributed by atoms with Crippen LogP contribution in [0.3, 0.4) is 0 Å². The van der Waals surface area contributed by atoms with Crippen molar-refractivity contribution in [2.75, 3.05) is 6.61 Å². The van der Waals surface area contributed by atoms with E-state index < -0.39 is 29.8 Å². The third-order valence-electron chi connectivity index (χ3n) is 2.70. The molecular formula is C12H12F2O4. The summed E-state index contributed by atoms with van der Waals surface area (Å²) in [7, 11) is 0. The molecule has 0 radical (unpaired) electrons. The lowest BCUT2D eigenvalue weighted by molar-refractivity contribution is -0.149. The summed E-state index contributed by atoms with van der Waals surface area (Å²) in [5.41, 5.74) is 0. The van der Waals surface area contributed by atoms with Gasteiger partial charge in [-0.15, -0.1) is 0 Å². The van der Waals surface area contributed by atoms with Crippen LogP contribution in [0.1, 0.15) is 12.8 Å². The Hall–Kier alpha value is -1.69. The summed E-state index contributed by atoms with van der Waals surface area (Å²) in [5.74, 6) is -2.47. The van der Waals surface area contributed by atoms with E-state index in [1.807, 2.05) is 0 Å². The van der Waals surface area contributed by atoms with E-state index in [0.717, 1.165) is 18.2 Å². The molecule has 2 atom stereocenters. The molecule has 4 nitrogen and oxygen atoms in total. The number of hydrogen-bond donors (Lipinski definition) is 1. The molecule has 0 aliphatic carbocycles. The Bertz CT molecular complexity index is 450. The van der Waals surface area contributed by atoms with Gasteiger partial charge in [-0.2, -0.15) is 0 Å². The number of halogens is 2. The molecule has 1 saturated heterocycles. The molecule has 1 N–H and O–H groups in total. The highest BCUT2D eigenvalue weighted by Crippen LogP contribution is 2.23. The van der Waals surface area contributed by atoms with Crippen molar-refractivity contribution in [1.29, 1.82) is 0 Å². The molecule has 6 heteroatoms. The molecule has 2 rings (SSSR count). The topological polar surface area (TPSA) is 55.8 Å². The molecule has 0 saturated carbocycles. The van der Waals surface area contributed by atoms with Crippen LogP contribution in [0.5, 0.6) is 5.75 Å². The summed E-state index contributed by atoms with van der Waals surface area (Å²) in [4.78, 5) is 10.6. The lowest BCUT2D eigenvalue weighted by atomic mass is 10.2. The van der Waals surface area contributed by atoms with Gasteiger partial charge in [-0.3, -0.25) is 0 Å². The van der Waals surface area contributed by atoms with Gasteiger partial charge in [0.25, 0.3) is 0 Å². The van der Waals surface area contributed by atoms with Crippen molar-refractivity contribution in [1.82, 2.24) is 0 Å². The number of carboxylic acids is 1. The fourth-order valence-electron chi connectivity index (χ4n) is 1.78. The van der Waals surface area contributed by atoms with Gasteiger partial charge in [0.05, 0.1) is 6.10 Å². The van der Waals surface area contributed by atoms with Crippen molar-refractivity contribution in [3.63, 3.8) is 0 Å². The Kier molecular flexibility index (Phi) is 3.76. The minimum absolute atomic E-state index is 0.00412. The lowest BCUT2D eigenvalue weighted by Gasteiger charge is -2.13. The maximum atomic E-state index is 13.2. The average Bonchev–Trinajstić information content (AvgIpc) is 2.79. The van der Waals surface area contributed by atoms with Crippen LogP contribution in [0.4, 0.5) is 8.78 Å². The zero-order valence-corrected chi connectivity index (χ0v) is 9.44. The van der Waals surface area contributed by atoms with Gasteiger partial charge < -0.3 is 14.6 Å². The molecule has 1 fully saturated rings. The van der Waals surface area contributed by atoms with E-state index >= 15 is 0 Å². The van der Waals surface area contributed by atoms with Crippen LogP contribution in [0.15, 0.2) is 18.2 Å². The van der Waals surface area contributed by atoms with Crippen molar-refractivity contribution in [2.45, 2.75) is 25.0 Å². The van der Waals surface area contributed by atoms with Crippen LogP contribution >= 0.6 is 0 Å². The molecule has 1 aromatic rings. The van der Waals surface area contributed by atoms with Crippen LogP contribution in [0, 0.1) is 11.6 Å². The van der Waals surface area contributed by atoms with Gasteiger partial charge in [0.15, 0.2) is 17.7 Å². The SMILES string of the molecule is O=C(O)C1CCC(COc2cc(F)ccc2F)O1. The molecule has 0 spiro atoms. The number of carbonyl (C=O) groups is 1. The van der Waals surface area contributed by atoms with Crippen molar-refractivity contribution in [3.05, 3.63) is 29.8 Å². The number of benzene rings is 1. The zero-order valence-electron chi connectivity index (χ0n) is 9.44. The lowest BCUT2D eigenvalue weighted by Crippen LogP contribution is -2.23. The first-order chi connectivity index (χ1) is 8.56. The van der Waals surface area contributed by atoms with E-state index in [2.05, 4.69) is 0 Å². The predicted molar refractivity (Wildman–Crippen MR) is 57.4 cm³/mol. The number of aliphatic carboxylic acids is 1. The maximum Gasteiger partial charge on any atom is 0.332 e. The molecule has 98 valence electrons. The van der Waals surface area contributed by atoms with E-state index in [9.17, 15) is 13.6 Å². The smallest absolute Gasteiger partial charge is 0.332 e. The summed E-state index contributed by atoms with van der Waals surface area (Å²) < 4.78 is 36.4. The van der Waals surface area contributed by atoms with Crippen molar-refractivity contribution in [3.8, 4) is 5.75 Å². The van der Waals surface area contributed by atoms with Crippen LogP contribution in [0.2, 0.25) is 0 Å². The van der Waals surface area contributed by atoms with E-state index in [1.165, 1.54) is 0 Å². The fraction of sp³-hybridized carbons (Fsp3) is 0.417. The van der Waals surface area contributed by atoms with Crippen molar-refractivity contribution < 1.29 is 28.2 Å². The number of rotatable bonds is 4. The monoisotopic (exact) mass is 258 g/mol. The Morgan fingerprint density at radius 3 is 2.89 bits per heavy atom. The average molecular weight is 258 g/mol. The third kappa shape index (κ3) is 2.95. The van der Waals surface area contributed by atoms with Gasteiger partial charge >= 0.3 is 5.97 Å². The van der Waals surface area contributed by atoms with Gasteiger partial charge in [0, 0.05) is 6.07 Å². The standard InChI is InChI=1S/C12H12F2O4/c13-7-1-3-9(14)11(5-7)17-6-8-2-4-10(18-8)12(15)16/h1,3,5,8,10H,2,4,6H2,(H,15,16). The second-order valence-electron chi connectivity index (χ2n) is 4.05. The second kappa shape index (κ2) is 5.30.